The Kier molecular flexibility index (Phi) is 4.78. The molecule has 94 valence electrons. The van der Waals surface area contributed by atoms with Crippen molar-refractivity contribution in [2.75, 3.05) is 6.54 Å². The zero-order chi connectivity index (χ0) is 12.2. The van der Waals surface area contributed by atoms with E-state index in [1.807, 2.05) is 13.8 Å². The third-order valence-electron chi connectivity index (χ3n) is 3.41. The molecule has 0 aliphatic heterocycles. The lowest BCUT2D eigenvalue weighted by atomic mass is 9.79. The average molecular weight is 227 g/mol. The topological polar surface area (TPSA) is 49.3 Å². The summed E-state index contributed by atoms with van der Waals surface area (Å²) >= 11 is 0. The van der Waals surface area contributed by atoms with Crippen LogP contribution in [0.5, 0.6) is 0 Å². The first-order valence-corrected chi connectivity index (χ1v) is 6.40. The van der Waals surface area contributed by atoms with E-state index in [0.717, 1.165) is 25.7 Å². The second-order valence-electron chi connectivity index (χ2n) is 5.78. The molecule has 0 aromatic heterocycles. The van der Waals surface area contributed by atoms with Gasteiger partial charge in [-0.25, -0.2) is 0 Å². The lowest BCUT2D eigenvalue weighted by Gasteiger charge is -2.35. The number of carbonyl (C=O) groups excluding carboxylic acids is 1. The summed E-state index contributed by atoms with van der Waals surface area (Å²) in [5, 5.41) is 13.1. The molecule has 16 heavy (non-hydrogen) atoms. The van der Waals surface area contributed by atoms with Gasteiger partial charge in [0.05, 0.1) is 5.60 Å². The number of rotatable bonds is 4. The van der Waals surface area contributed by atoms with Gasteiger partial charge >= 0.3 is 0 Å². The molecule has 3 heteroatoms. The Labute approximate surface area is 98.6 Å². The first-order chi connectivity index (χ1) is 7.41. The van der Waals surface area contributed by atoms with E-state index in [2.05, 4.69) is 12.2 Å². The van der Waals surface area contributed by atoms with E-state index >= 15 is 0 Å². The highest BCUT2D eigenvalue weighted by Gasteiger charge is 2.31. The van der Waals surface area contributed by atoms with Gasteiger partial charge in [0.2, 0.25) is 5.91 Å². The second-order valence-corrected chi connectivity index (χ2v) is 5.78. The van der Waals surface area contributed by atoms with Crippen molar-refractivity contribution in [2.24, 2.45) is 11.8 Å². The molecular weight excluding hydrogens is 202 g/mol. The van der Waals surface area contributed by atoms with Crippen LogP contribution < -0.4 is 5.32 Å². The van der Waals surface area contributed by atoms with Crippen LogP contribution in [-0.4, -0.2) is 23.2 Å². The van der Waals surface area contributed by atoms with Crippen LogP contribution in [0.15, 0.2) is 0 Å². The molecule has 3 nitrogen and oxygen atoms in total. The van der Waals surface area contributed by atoms with Crippen molar-refractivity contribution < 1.29 is 9.90 Å². The maximum atomic E-state index is 11.5. The van der Waals surface area contributed by atoms with E-state index < -0.39 is 5.60 Å². The highest BCUT2D eigenvalue weighted by atomic mass is 16.3. The van der Waals surface area contributed by atoms with Crippen LogP contribution in [0.4, 0.5) is 0 Å². The third-order valence-corrected chi connectivity index (χ3v) is 3.41. The molecule has 0 atom stereocenters. The van der Waals surface area contributed by atoms with Crippen LogP contribution in [0, 0.1) is 11.8 Å². The molecule has 0 bridgehead atoms. The summed E-state index contributed by atoms with van der Waals surface area (Å²) in [6, 6.07) is 0. The van der Waals surface area contributed by atoms with Crippen molar-refractivity contribution in [1.82, 2.24) is 5.32 Å². The minimum Gasteiger partial charge on any atom is -0.388 e. The van der Waals surface area contributed by atoms with Gasteiger partial charge in [0, 0.05) is 13.0 Å². The maximum Gasteiger partial charge on any atom is 0.220 e. The molecule has 1 rings (SSSR count). The molecule has 1 amide bonds. The molecular formula is C13H25NO2. The number of aliphatic hydroxyl groups is 1. The fourth-order valence-corrected chi connectivity index (χ4v) is 2.18. The monoisotopic (exact) mass is 227 g/mol. The summed E-state index contributed by atoms with van der Waals surface area (Å²) in [6.07, 6.45) is 4.31. The number of amides is 1. The highest BCUT2D eigenvalue weighted by Crippen LogP contribution is 2.31. The van der Waals surface area contributed by atoms with Crippen molar-refractivity contribution in [3.05, 3.63) is 0 Å². The van der Waals surface area contributed by atoms with Crippen LogP contribution in [0.1, 0.15) is 52.9 Å². The van der Waals surface area contributed by atoms with Gasteiger partial charge in [-0.1, -0.05) is 20.8 Å². The Morgan fingerprint density at radius 1 is 1.44 bits per heavy atom. The molecule has 0 radical (unpaired) electrons. The van der Waals surface area contributed by atoms with Crippen molar-refractivity contribution >= 4 is 5.91 Å². The zero-order valence-corrected chi connectivity index (χ0v) is 10.8. The fourth-order valence-electron chi connectivity index (χ4n) is 2.18. The van der Waals surface area contributed by atoms with Crippen molar-refractivity contribution in [3.8, 4) is 0 Å². The van der Waals surface area contributed by atoms with Gasteiger partial charge in [-0.2, -0.15) is 0 Å². The lowest BCUT2D eigenvalue weighted by Crippen LogP contribution is -2.45. The Balaban J connectivity index is 2.28. The maximum absolute atomic E-state index is 11.5. The van der Waals surface area contributed by atoms with Gasteiger partial charge in [-0.3, -0.25) is 4.79 Å². The number of hydrogen-bond donors (Lipinski definition) is 2. The van der Waals surface area contributed by atoms with Gasteiger partial charge in [-0.05, 0) is 37.5 Å². The van der Waals surface area contributed by atoms with Crippen LogP contribution in [0.2, 0.25) is 0 Å². The normalized spacial score (nSPS) is 30.4. The largest absolute Gasteiger partial charge is 0.388 e. The standard InChI is InChI=1S/C13H25NO2/c1-10(2)8-12(15)14-9-13(16)6-4-11(3)5-7-13/h10-11,16H,4-9H2,1-3H3,(H,14,15). The summed E-state index contributed by atoms with van der Waals surface area (Å²) in [7, 11) is 0. The van der Waals surface area contributed by atoms with E-state index in [-0.39, 0.29) is 5.91 Å². The van der Waals surface area contributed by atoms with Gasteiger partial charge < -0.3 is 10.4 Å². The lowest BCUT2D eigenvalue weighted by molar-refractivity contribution is -0.123. The van der Waals surface area contributed by atoms with Crippen molar-refractivity contribution in [2.45, 2.75) is 58.5 Å². The van der Waals surface area contributed by atoms with Crippen LogP contribution in [-0.2, 0) is 4.79 Å². The van der Waals surface area contributed by atoms with E-state index in [1.165, 1.54) is 0 Å². The first-order valence-electron chi connectivity index (χ1n) is 6.40. The van der Waals surface area contributed by atoms with E-state index in [4.69, 9.17) is 0 Å². The molecule has 1 fully saturated rings. The zero-order valence-electron chi connectivity index (χ0n) is 10.8. The molecule has 0 heterocycles. The number of hydrogen-bond acceptors (Lipinski definition) is 2. The SMILES string of the molecule is CC(C)CC(=O)NCC1(O)CCC(C)CC1. The van der Waals surface area contributed by atoms with Gasteiger partial charge in [0.1, 0.15) is 0 Å². The minimum absolute atomic E-state index is 0.0575. The molecule has 0 unspecified atom stereocenters. The van der Waals surface area contributed by atoms with Gasteiger partial charge in [0.15, 0.2) is 0 Å². The predicted octanol–water partition coefficient (Wildman–Crippen LogP) is 2.09. The molecule has 1 saturated carbocycles. The van der Waals surface area contributed by atoms with Crippen molar-refractivity contribution in [3.63, 3.8) is 0 Å². The Morgan fingerprint density at radius 2 is 2.00 bits per heavy atom. The van der Waals surface area contributed by atoms with Crippen LogP contribution in [0.25, 0.3) is 0 Å². The summed E-state index contributed by atoms with van der Waals surface area (Å²) < 4.78 is 0. The predicted molar refractivity (Wildman–Crippen MR) is 65.0 cm³/mol. The van der Waals surface area contributed by atoms with Crippen LogP contribution >= 0.6 is 0 Å². The Bertz CT molecular complexity index is 230. The molecule has 2 N–H and O–H groups in total. The molecule has 1 aliphatic carbocycles. The van der Waals surface area contributed by atoms with Crippen LogP contribution in [0.3, 0.4) is 0 Å². The second kappa shape index (κ2) is 5.67. The quantitative estimate of drug-likeness (QED) is 0.772. The Morgan fingerprint density at radius 3 is 2.50 bits per heavy atom. The van der Waals surface area contributed by atoms with E-state index in [0.29, 0.717) is 24.8 Å². The average Bonchev–Trinajstić information content (AvgIpc) is 2.20. The van der Waals surface area contributed by atoms with E-state index in [9.17, 15) is 9.90 Å². The van der Waals surface area contributed by atoms with E-state index in [1.54, 1.807) is 0 Å². The third kappa shape index (κ3) is 4.52. The summed E-state index contributed by atoms with van der Waals surface area (Å²) in [4.78, 5) is 11.5. The molecule has 0 aromatic carbocycles. The fraction of sp³-hybridized carbons (Fsp3) is 0.923. The molecule has 0 saturated heterocycles. The van der Waals surface area contributed by atoms with Crippen molar-refractivity contribution in [1.29, 1.82) is 0 Å². The summed E-state index contributed by atoms with van der Waals surface area (Å²) in [5.41, 5.74) is -0.654. The molecule has 0 aromatic rings. The summed E-state index contributed by atoms with van der Waals surface area (Å²) in [5.74, 6) is 1.15. The van der Waals surface area contributed by atoms with Gasteiger partial charge in [0.25, 0.3) is 0 Å². The number of nitrogens with one attached hydrogen (secondary N) is 1. The smallest absolute Gasteiger partial charge is 0.220 e. The number of carbonyl (C=O) groups is 1. The Hall–Kier alpha value is -0.570. The van der Waals surface area contributed by atoms with Gasteiger partial charge in [-0.15, -0.1) is 0 Å². The highest BCUT2D eigenvalue weighted by molar-refractivity contribution is 5.76. The first kappa shape index (κ1) is 13.5. The molecule has 1 aliphatic rings. The summed E-state index contributed by atoms with van der Waals surface area (Å²) in [6.45, 7) is 6.69. The minimum atomic E-state index is -0.654. The molecule has 0 spiro atoms.